The lowest BCUT2D eigenvalue weighted by molar-refractivity contribution is -0.135. The lowest BCUT2D eigenvalue weighted by Crippen LogP contribution is -2.13. The fourth-order valence-corrected chi connectivity index (χ4v) is 1.90. The maximum absolute atomic E-state index is 12.6. The number of aliphatic carboxylic acids is 1. The highest BCUT2D eigenvalue weighted by molar-refractivity contribution is 5.68. The summed E-state index contributed by atoms with van der Waals surface area (Å²) in [4.78, 5) is 9.24. The van der Waals surface area contributed by atoms with Crippen molar-refractivity contribution < 1.29 is 19.4 Å². The number of aliphatic hydroxyl groups excluding tert-OH is 1. The highest BCUT2D eigenvalue weighted by atomic mass is 19.1. The van der Waals surface area contributed by atoms with E-state index >= 15 is 0 Å². The number of aliphatic hydroxyl groups is 1. The molecule has 1 aliphatic rings. The number of halogens is 1. The van der Waals surface area contributed by atoms with E-state index in [0.717, 1.165) is 12.0 Å². The van der Waals surface area contributed by atoms with Crippen molar-refractivity contribution in [1.82, 2.24) is 0 Å². The predicted molar refractivity (Wildman–Crippen MR) is 70.1 cm³/mol. The van der Waals surface area contributed by atoms with Crippen molar-refractivity contribution >= 4 is 5.97 Å². The average molecular weight is 269 g/mol. The maximum atomic E-state index is 12.6. The van der Waals surface area contributed by atoms with Crippen LogP contribution >= 0.6 is 0 Å². The molecular weight excluding hydrogens is 249 g/mol. The summed E-state index contributed by atoms with van der Waals surface area (Å²) in [5.74, 6) is -0.0708. The van der Waals surface area contributed by atoms with Gasteiger partial charge in [-0.05, 0) is 42.4 Å². The second-order valence-corrected chi connectivity index (χ2v) is 4.87. The third-order valence-electron chi connectivity index (χ3n) is 3.20. The topological polar surface area (TPSA) is 83.5 Å². The van der Waals surface area contributed by atoms with Crippen molar-refractivity contribution in [2.75, 3.05) is 6.54 Å². The Morgan fingerprint density at radius 2 is 1.95 bits per heavy atom. The van der Waals surface area contributed by atoms with Gasteiger partial charge in [0.1, 0.15) is 5.82 Å². The van der Waals surface area contributed by atoms with Gasteiger partial charge >= 0.3 is 5.97 Å². The highest BCUT2D eigenvalue weighted by Gasteiger charge is 2.38. The first-order chi connectivity index (χ1) is 8.93. The van der Waals surface area contributed by atoms with Crippen LogP contribution in [0, 0.1) is 17.7 Å². The quantitative estimate of drug-likeness (QED) is 0.771. The Labute approximate surface area is 112 Å². The first-order valence-electron chi connectivity index (χ1n) is 6.28. The molecule has 0 aromatic heterocycles. The van der Waals surface area contributed by atoms with Crippen LogP contribution in [0.2, 0.25) is 0 Å². The van der Waals surface area contributed by atoms with Crippen molar-refractivity contribution in [1.29, 1.82) is 0 Å². The summed E-state index contributed by atoms with van der Waals surface area (Å²) >= 11 is 0. The van der Waals surface area contributed by atoms with E-state index in [1.54, 1.807) is 12.1 Å². The number of benzene rings is 1. The highest BCUT2D eigenvalue weighted by Crippen LogP contribution is 2.41. The molecule has 1 aromatic carbocycles. The molecule has 0 heterocycles. The maximum Gasteiger partial charge on any atom is 0.317 e. The summed E-state index contributed by atoms with van der Waals surface area (Å²) in [5.41, 5.74) is 5.58. The average Bonchev–Trinajstić information content (AvgIpc) is 3.10. The van der Waals surface area contributed by atoms with Crippen LogP contribution in [-0.4, -0.2) is 28.8 Å². The van der Waals surface area contributed by atoms with Gasteiger partial charge in [-0.25, -0.2) is 4.39 Å². The van der Waals surface area contributed by atoms with Gasteiger partial charge in [0.25, 0.3) is 0 Å². The molecule has 1 aromatic rings. The summed E-state index contributed by atoms with van der Waals surface area (Å²) < 4.78 is 12.6. The molecule has 3 atom stereocenters. The molecule has 0 amide bonds. The fraction of sp³-hybridized carbons (Fsp3) is 0.500. The standard InChI is InChI=1S/C12H15FO.C2H5NO2/c1-8-6-11(8)12(14)7-9-2-4-10(13)5-3-9;3-1-2(4)5/h2-5,8,11-12,14H,6-7H2,1H3;1,3H2,(H,4,5). The van der Waals surface area contributed by atoms with Crippen molar-refractivity contribution in [3.8, 4) is 0 Å². The zero-order valence-electron chi connectivity index (χ0n) is 10.9. The minimum atomic E-state index is -0.968. The first-order valence-corrected chi connectivity index (χ1v) is 6.28. The SMILES string of the molecule is CC1CC1C(O)Cc1ccc(F)cc1.NCC(=O)O. The molecule has 106 valence electrons. The van der Waals surface area contributed by atoms with Gasteiger partial charge in [-0.15, -0.1) is 0 Å². The monoisotopic (exact) mass is 269 g/mol. The third kappa shape index (κ3) is 5.81. The second kappa shape index (κ2) is 7.21. The molecule has 5 heteroatoms. The van der Waals surface area contributed by atoms with E-state index in [1.807, 2.05) is 0 Å². The van der Waals surface area contributed by atoms with Crippen LogP contribution in [0.15, 0.2) is 24.3 Å². The molecule has 0 bridgehead atoms. The van der Waals surface area contributed by atoms with E-state index in [0.29, 0.717) is 18.3 Å². The molecule has 1 fully saturated rings. The van der Waals surface area contributed by atoms with Crippen LogP contribution < -0.4 is 5.73 Å². The minimum absolute atomic E-state index is 0.219. The van der Waals surface area contributed by atoms with Gasteiger partial charge in [-0.3, -0.25) is 4.79 Å². The van der Waals surface area contributed by atoms with Crippen LogP contribution in [-0.2, 0) is 11.2 Å². The van der Waals surface area contributed by atoms with Crippen LogP contribution in [0.5, 0.6) is 0 Å². The molecule has 19 heavy (non-hydrogen) atoms. The van der Waals surface area contributed by atoms with Crippen molar-refractivity contribution in [3.63, 3.8) is 0 Å². The van der Waals surface area contributed by atoms with Crippen LogP contribution in [0.1, 0.15) is 18.9 Å². The smallest absolute Gasteiger partial charge is 0.317 e. The van der Waals surface area contributed by atoms with Crippen LogP contribution in [0.3, 0.4) is 0 Å². The van der Waals surface area contributed by atoms with E-state index in [1.165, 1.54) is 12.1 Å². The van der Waals surface area contributed by atoms with Crippen molar-refractivity contribution in [3.05, 3.63) is 35.6 Å². The summed E-state index contributed by atoms with van der Waals surface area (Å²) in [6.45, 7) is 1.87. The summed E-state index contributed by atoms with van der Waals surface area (Å²) in [6, 6.07) is 6.37. The number of hydrogen-bond acceptors (Lipinski definition) is 3. The van der Waals surface area contributed by atoms with Gasteiger partial charge in [-0.1, -0.05) is 19.1 Å². The molecule has 4 nitrogen and oxygen atoms in total. The normalized spacial score (nSPS) is 22.1. The fourth-order valence-electron chi connectivity index (χ4n) is 1.90. The summed E-state index contributed by atoms with van der Waals surface area (Å²) in [6.07, 6.45) is 1.52. The molecule has 0 aliphatic heterocycles. The second-order valence-electron chi connectivity index (χ2n) is 4.87. The van der Waals surface area contributed by atoms with E-state index in [4.69, 9.17) is 5.11 Å². The van der Waals surface area contributed by atoms with Crippen molar-refractivity contribution in [2.45, 2.75) is 25.9 Å². The van der Waals surface area contributed by atoms with Gasteiger partial charge in [0.15, 0.2) is 0 Å². The molecule has 3 unspecified atom stereocenters. The Balaban J connectivity index is 0.000000312. The van der Waals surface area contributed by atoms with Crippen LogP contribution in [0.25, 0.3) is 0 Å². The van der Waals surface area contributed by atoms with Gasteiger partial charge in [0, 0.05) is 0 Å². The number of nitrogens with two attached hydrogens (primary N) is 1. The number of rotatable bonds is 4. The van der Waals surface area contributed by atoms with Gasteiger partial charge < -0.3 is 15.9 Å². The Kier molecular flexibility index (Phi) is 5.92. The number of carbonyl (C=O) groups is 1. The summed E-state index contributed by atoms with van der Waals surface area (Å²) in [7, 11) is 0. The first kappa shape index (κ1) is 15.6. The van der Waals surface area contributed by atoms with E-state index in [9.17, 15) is 14.3 Å². The molecule has 2 rings (SSSR count). The Morgan fingerprint density at radius 3 is 2.32 bits per heavy atom. The molecule has 1 saturated carbocycles. The third-order valence-corrected chi connectivity index (χ3v) is 3.20. The predicted octanol–water partition coefficient (Wildman–Crippen LogP) is 1.41. The van der Waals surface area contributed by atoms with E-state index in [-0.39, 0.29) is 18.5 Å². The number of carboxylic acid groups (broad SMARTS) is 1. The van der Waals surface area contributed by atoms with E-state index in [2.05, 4.69) is 12.7 Å². The Hall–Kier alpha value is -1.46. The molecular formula is C14H20FNO3. The Morgan fingerprint density at radius 1 is 1.47 bits per heavy atom. The zero-order chi connectivity index (χ0) is 14.4. The largest absolute Gasteiger partial charge is 0.480 e. The van der Waals surface area contributed by atoms with Crippen LogP contribution in [0.4, 0.5) is 4.39 Å². The molecule has 4 N–H and O–H groups in total. The lowest BCUT2D eigenvalue weighted by atomic mass is 10.0. The number of carboxylic acids is 1. The molecule has 0 radical (unpaired) electrons. The summed E-state index contributed by atoms with van der Waals surface area (Å²) in [5, 5.41) is 17.4. The van der Waals surface area contributed by atoms with Gasteiger partial charge in [0.2, 0.25) is 0 Å². The molecule has 1 aliphatic carbocycles. The zero-order valence-corrected chi connectivity index (χ0v) is 10.9. The molecule has 0 saturated heterocycles. The van der Waals surface area contributed by atoms with Crippen molar-refractivity contribution in [2.24, 2.45) is 17.6 Å². The minimum Gasteiger partial charge on any atom is -0.480 e. The number of hydrogen-bond donors (Lipinski definition) is 3. The lowest BCUT2D eigenvalue weighted by Gasteiger charge is -2.09. The Bertz CT molecular complexity index is 408. The van der Waals surface area contributed by atoms with Gasteiger partial charge in [-0.2, -0.15) is 0 Å². The molecule has 0 spiro atoms. The van der Waals surface area contributed by atoms with Gasteiger partial charge in [0.05, 0.1) is 12.6 Å². The van der Waals surface area contributed by atoms with E-state index < -0.39 is 5.97 Å².